The zero-order valence-corrected chi connectivity index (χ0v) is 73.1. The van der Waals surface area contributed by atoms with Crippen LogP contribution in [0.15, 0.2) is 364 Å². The van der Waals surface area contributed by atoms with Crippen molar-refractivity contribution in [2.75, 3.05) is 20.3 Å². The number of Topliss-reactive ketones (excluding diaryl/α,β-unsaturated/α-hetero) is 1. The summed E-state index contributed by atoms with van der Waals surface area (Å²) in [5.41, 5.74) is 37.5. The monoisotopic (exact) mass is 1700 g/mol. The molecule has 11 nitrogen and oxygen atoms in total. The van der Waals surface area contributed by atoms with Crippen LogP contribution in [0.25, 0.3) is 0 Å². The summed E-state index contributed by atoms with van der Waals surface area (Å²) >= 11 is 0. The Morgan fingerprint density at radius 3 is 0.592 bits per heavy atom. The maximum absolute atomic E-state index is 12.5. The highest BCUT2D eigenvalue weighted by Crippen LogP contribution is 2.66. The van der Waals surface area contributed by atoms with Crippen LogP contribution in [0.1, 0.15) is 256 Å². The van der Waals surface area contributed by atoms with Crippen molar-refractivity contribution >= 4 is 44.0 Å². The minimum atomic E-state index is -0.769. The smallest absolute Gasteiger partial charge is 0.310 e. The van der Waals surface area contributed by atoms with E-state index in [9.17, 15) is 39.0 Å². The molecule has 0 atom stereocenters. The Bertz CT molecular complexity index is 6300. The highest BCUT2D eigenvalue weighted by Gasteiger charge is 2.58. The van der Waals surface area contributed by atoms with Crippen molar-refractivity contribution in [3.63, 3.8) is 0 Å². The number of hydrogen-bond donors (Lipinski definition) is 2. The predicted molar refractivity (Wildman–Crippen MR) is 506 cm³/mol. The van der Waals surface area contributed by atoms with Gasteiger partial charge in [-0.15, -0.1) is 0 Å². The topological polar surface area (TPSA) is 171 Å². The van der Waals surface area contributed by atoms with Gasteiger partial charge in [-0.05, 0) is 187 Å². The van der Waals surface area contributed by atoms with Gasteiger partial charge in [0.05, 0.1) is 42.8 Å². The molecule has 0 spiro atoms. The average molecular weight is 1700 g/mol. The van der Waals surface area contributed by atoms with E-state index in [1.807, 2.05) is 18.2 Å². The highest BCUT2D eigenvalue weighted by molar-refractivity contribution is 5.86. The summed E-state index contributed by atoms with van der Waals surface area (Å²) in [5, 5.41) is 19.7. The molecule has 0 heterocycles. The van der Waals surface area contributed by atoms with E-state index in [2.05, 4.69) is 351 Å². The Morgan fingerprint density at radius 2 is 0.431 bits per heavy atom. The van der Waals surface area contributed by atoms with Gasteiger partial charge in [0.2, 0.25) is 0 Å². The molecule has 0 saturated carbocycles. The molecule has 10 bridgehead atoms. The minimum Gasteiger partial charge on any atom is -0.481 e. The molecule has 15 aliphatic rings. The van der Waals surface area contributed by atoms with Crippen LogP contribution in [0, 0.1) is 0 Å². The van der Waals surface area contributed by atoms with Crippen molar-refractivity contribution in [1.82, 2.24) is 0 Å². The van der Waals surface area contributed by atoms with Gasteiger partial charge in [-0.3, -0.25) is 28.8 Å². The minimum absolute atomic E-state index is 0. The Balaban J connectivity index is 0.000000103. The number of hydrogen-bond acceptors (Lipinski definition) is 10. The van der Waals surface area contributed by atoms with E-state index in [1.54, 1.807) is 6.92 Å². The van der Waals surface area contributed by atoms with Crippen molar-refractivity contribution in [2.24, 2.45) is 0 Å². The zero-order valence-electron chi connectivity index (χ0n) is 73.1. The number of rotatable bonds is 11. The largest absolute Gasteiger partial charge is 0.481 e. The van der Waals surface area contributed by atoms with Gasteiger partial charge in [-0.25, -0.2) is 0 Å². The Morgan fingerprint density at radius 1 is 0.254 bits per heavy atom. The molecule has 0 fully saturated rings. The second kappa shape index (κ2) is 34.0. The molecule has 637 valence electrons. The lowest BCUT2D eigenvalue weighted by atomic mass is 9.51. The normalized spacial score (nSPS) is 21.3. The number of esters is 4. The third kappa shape index (κ3) is 13.0. The molecule has 15 aromatic carbocycles. The first-order valence-corrected chi connectivity index (χ1v) is 44.6. The number of benzene rings is 15. The van der Waals surface area contributed by atoms with Crippen molar-refractivity contribution in [3.05, 3.63) is 531 Å². The first-order valence-electron chi connectivity index (χ1n) is 44.6. The SMILES string of the molecule is CC(=O)CC12c3ccccc3C(c3ccccc31)c1ccccc12.CC(=O)OC(C)=O.CC(=O)OCCC12c3ccccc3C(c3ccccc31)c1ccccc12.COC(=O)CC12c3ccccc3C(c3ccccc31)c1ccccc12.O=C(O)CC12c3ccccc3C(c3ccccc31)c1ccccc12.OCCC12c3ccccc3C(c3ccccc31)c1ccccc12.[B]. The van der Waals surface area contributed by atoms with Crippen LogP contribution < -0.4 is 0 Å². The predicted octanol–water partition coefficient (Wildman–Crippen LogP) is 22.2. The van der Waals surface area contributed by atoms with Crippen LogP contribution in [0.4, 0.5) is 0 Å². The Kier molecular flexibility index (Phi) is 22.2. The number of aliphatic hydroxyl groups is 1. The highest BCUT2D eigenvalue weighted by atomic mass is 16.6. The molecular formula is C118H96BO11. The van der Waals surface area contributed by atoms with E-state index in [1.165, 1.54) is 178 Å². The fourth-order valence-electron chi connectivity index (χ4n) is 25.0. The molecule has 130 heavy (non-hydrogen) atoms. The summed E-state index contributed by atoms with van der Waals surface area (Å²) < 4.78 is 14.5. The Hall–Kier alpha value is -14.5. The molecule has 0 aromatic heterocycles. The van der Waals surface area contributed by atoms with E-state index >= 15 is 0 Å². The molecule has 2 N–H and O–H groups in total. The van der Waals surface area contributed by atoms with Crippen molar-refractivity contribution in [1.29, 1.82) is 0 Å². The van der Waals surface area contributed by atoms with Gasteiger partial charge in [0.1, 0.15) is 5.78 Å². The molecule has 15 aliphatic carbocycles. The molecule has 0 saturated heterocycles. The molecule has 0 amide bonds. The van der Waals surface area contributed by atoms with Crippen LogP contribution in [0.5, 0.6) is 0 Å². The van der Waals surface area contributed by atoms with Gasteiger partial charge in [0, 0.05) is 82.6 Å². The van der Waals surface area contributed by atoms with E-state index in [0.717, 1.165) is 29.5 Å². The van der Waals surface area contributed by atoms with Crippen molar-refractivity contribution < 1.29 is 53.2 Å². The fourth-order valence-corrected chi connectivity index (χ4v) is 25.0. The van der Waals surface area contributed by atoms with E-state index < -0.39 is 28.7 Å². The number of carboxylic acid groups (broad SMARTS) is 1. The van der Waals surface area contributed by atoms with Crippen LogP contribution in [0.3, 0.4) is 0 Å². The molecule has 0 unspecified atom stereocenters. The fraction of sp³-hybridized carbons (Fsp3) is 0.186. The number of carbonyl (C=O) groups is 6. The van der Waals surface area contributed by atoms with Crippen LogP contribution in [-0.2, 0) is 70.1 Å². The van der Waals surface area contributed by atoms with Crippen LogP contribution >= 0.6 is 0 Å². The summed E-state index contributed by atoms with van der Waals surface area (Å²) in [6.07, 6.45) is 2.39. The number of ether oxygens (including phenoxy) is 3. The van der Waals surface area contributed by atoms with Crippen molar-refractivity contribution in [2.45, 2.75) is 116 Å². The zero-order chi connectivity index (χ0) is 88.7. The van der Waals surface area contributed by atoms with Gasteiger partial charge in [0.25, 0.3) is 0 Å². The number of carboxylic acids is 1. The summed E-state index contributed by atoms with van der Waals surface area (Å²) in [4.78, 5) is 67.7. The summed E-state index contributed by atoms with van der Waals surface area (Å²) in [5.74, 6) is -0.742. The number of carbonyl (C=O) groups excluding carboxylic acids is 5. The molecule has 30 rings (SSSR count). The number of methoxy groups -OCH3 is 1. The lowest BCUT2D eigenvalue weighted by molar-refractivity contribution is -0.156. The summed E-state index contributed by atoms with van der Waals surface area (Å²) in [6, 6.07) is 129. The van der Waals surface area contributed by atoms with Gasteiger partial charge in [0.15, 0.2) is 0 Å². The average Bonchev–Trinajstić information content (AvgIpc) is 0.687. The van der Waals surface area contributed by atoms with Crippen molar-refractivity contribution in [3.8, 4) is 0 Å². The third-order valence-corrected chi connectivity index (χ3v) is 29.1. The first kappa shape index (κ1) is 85.0. The lowest BCUT2D eigenvalue weighted by Crippen LogP contribution is -2.43. The lowest BCUT2D eigenvalue weighted by Gasteiger charge is -2.50. The molecule has 3 radical (unpaired) electrons. The van der Waals surface area contributed by atoms with Crippen LogP contribution in [0.2, 0.25) is 0 Å². The van der Waals surface area contributed by atoms with Gasteiger partial charge in [-0.2, -0.15) is 0 Å². The second-order valence-corrected chi connectivity index (χ2v) is 35.4. The van der Waals surface area contributed by atoms with E-state index in [-0.39, 0.29) is 79.1 Å². The number of ketones is 1. The summed E-state index contributed by atoms with van der Waals surface area (Å²) in [6.45, 7) is 6.15. The van der Waals surface area contributed by atoms with E-state index in [0.29, 0.717) is 25.4 Å². The van der Waals surface area contributed by atoms with Gasteiger partial charge in [-0.1, -0.05) is 364 Å². The Labute approximate surface area is 760 Å². The molecule has 12 heteroatoms. The quantitative estimate of drug-likeness (QED) is 0.0547. The maximum Gasteiger partial charge on any atom is 0.310 e. The van der Waals surface area contributed by atoms with Gasteiger partial charge < -0.3 is 24.4 Å². The molecule has 15 aromatic rings. The van der Waals surface area contributed by atoms with Crippen LogP contribution in [-0.4, -0.2) is 74.6 Å². The van der Waals surface area contributed by atoms with E-state index in [4.69, 9.17) is 9.47 Å². The first-order chi connectivity index (χ1) is 63.0. The standard InChI is InChI=1S/C24H20O2.C23H18O2.C23H18O.C22H16O2.C22H18O.C4H6O3.B/c1-16(25)26-15-14-24-20-11-5-2-8-17(20)23(18-9-3-6-12-21(18)24)19-10-4-7-13-22(19)24;1-25-21(24)14-23-18-11-5-2-8-15(18)22(16-9-3-6-12-19(16)23)17-10-4-7-13-20(17)23;1-15(24)14-23-19-11-5-2-8-16(19)22(17-9-3-6-12-20(17)23)18-10-4-7-13-21(18)23;23-20(24)13-22-17-10-4-1-7-14(17)21(15-8-2-5-11-18(15)22)16-9-3-6-12-19(16)22;23-14-13-22-18-10-4-1-7-15(18)21(16-8-2-5-11-19(16)22)17-9-3-6-12-20(17)22;1-3(5)7-4(2)6;/h2-13,23H,14-15H2,1H3;2-13,22H,14H2,1H3;2-13,22H,14H2,1H3;1-12,21H,13H2,(H,23,24);1-12,21,23H,13-14H2;1-2H3;. The summed E-state index contributed by atoms with van der Waals surface area (Å²) in [7, 11) is 1.47. The number of aliphatic carboxylic acids is 1. The second-order valence-electron chi connectivity index (χ2n) is 35.4. The molecular weight excluding hydrogens is 1600 g/mol. The maximum atomic E-state index is 12.5. The third-order valence-electron chi connectivity index (χ3n) is 29.1. The molecule has 0 aliphatic heterocycles. The van der Waals surface area contributed by atoms with Gasteiger partial charge >= 0.3 is 29.8 Å². The number of aliphatic hydroxyl groups excluding tert-OH is 1.